The molecule has 198 valence electrons. The van der Waals surface area contributed by atoms with Crippen LogP contribution in [0.3, 0.4) is 0 Å². The predicted octanol–water partition coefficient (Wildman–Crippen LogP) is 7.12. The number of rotatable bonds is 1. The Morgan fingerprint density at radius 3 is 2.60 bits per heavy atom. The maximum Gasteiger partial charge on any atom is 0.221 e. The van der Waals surface area contributed by atoms with E-state index < -0.39 is 5.82 Å². The highest BCUT2D eigenvalue weighted by atomic mass is 19.1. The zero-order valence-electron chi connectivity index (χ0n) is 22.4. The molecular weight excluding hydrogens is 500 g/mol. The van der Waals surface area contributed by atoms with Gasteiger partial charge in [0.2, 0.25) is 11.4 Å². The molecule has 4 aliphatic rings. The summed E-state index contributed by atoms with van der Waals surface area (Å²) in [5.41, 5.74) is 9.54. The van der Waals surface area contributed by atoms with Crippen molar-refractivity contribution < 1.29 is 13.3 Å². The molecule has 5 heterocycles. The van der Waals surface area contributed by atoms with Gasteiger partial charge in [0.15, 0.2) is 6.20 Å². The third-order valence-corrected chi connectivity index (χ3v) is 9.45. The SMILES string of the molecule is C=C1C2C(CCc3c(F)ccc(F)c3-c3cc(C)c(-c4ccccc4)c[n+]31)c1cccc3c1C1N(C=CN21)CC3. The second kappa shape index (κ2) is 8.62. The van der Waals surface area contributed by atoms with Crippen LogP contribution in [-0.4, -0.2) is 22.4 Å². The summed E-state index contributed by atoms with van der Waals surface area (Å²) in [6, 6.07) is 21.4. The van der Waals surface area contributed by atoms with E-state index in [1.54, 1.807) is 0 Å². The van der Waals surface area contributed by atoms with Crippen LogP contribution in [0, 0.1) is 18.6 Å². The fraction of sp³-hybridized carbons (Fsp3) is 0.229. The van der Waals surface area contributed by atoms with E-state index >= 15 is 8.78 Å². The van der Waals surface area contributed by atoms with Crippen molar-refractivity contribution in [3.63, 3.8) is 0 Å². The number of fused-ring (bicyclic) bond motifs is 6. The first-order valence-corrected chi connectivity index (χ1v) is 14.1. The normalized spacial score (nSPS) is 22.1. The zero-order valence-corrected chi connectivity index (χ0v) is 22.4. The number of benzene rings is 3. The Hall–Kier alpha value is -4.25. The molecule has 3 aromatic carbocycles. The Kier molecular flexibility index (Phi) is 5.09. The van der Waals surface area contributed by atoms with Crippen molar-refractivity contribution in [1.29, 1.82) is 0 Å². The topological polar surface area (TPSA) is 10.4 Å². The van der Waals surface area contributed by atoms with Gasteiger partial charge in [0, 0.05) is 47.6 Å². The van der Waals surface area contributed by atoms with Crippen LogP contribution in [0.2, 0.25) is 0 Å². The molecule has 4 aliphatic heterocycles. The average molecular weight is 531 g/mol. The minimum absolute atomic E-state index is 0.0670. The van der Waals surface area contributed by atoms with Crippen LogP contribution in [0.1, 0.15) is 46.3 Å². The van der Waals surface area contributed by atoms with E-state index in [1.165, 1.54) is 28.8 Å². The Labute approximate surface area is 233 Å². The van der Waals surface area contributed by atoms with E-state index in [4.69, 9.17) is 6.58 Å². The molecule has 5 heteroatoms. The zero-order chi connectivity index (χ0) is 27.1. The van der Waals surface area contributed by atoms with Gasteiger partial charge in [-0.25, -0.2) is 8.78 Å². The van der Waals surface area contributed by atoms with Crippen molar-refractivity contribution in [3.05, 3.63) is 131 Å². The molecule has 0 radical (unpaired) electrons. The second-order valence-electron chi connectivity index (χ2n) is 11.5. The Balaban J connectivity index is 1.42. The van der Waals surface area contributed by atoms with Gasteiger partial charge in [0.25, 0.3) is 0 Å². The van der Waals surface area contributed by atoms with Crippen molar-refractivity contribution >= 4 is 5.70 Å². The van der Waals surface area contributed by atoms with Gasteiger partial charge in [-0.1, -0.05) is 48.5 Å². The van der Waals surface area contributed by atoms with Crippen molar-refractivity contribution in [3.8, 4) is 22.4 Å². The lowest BCUT2D eigenvalue weighted by molar-refractivity contribution is -0.573. The molecule has 0 fully saturated rings. The first-order valence-electron chi connectivity index (χ1n) is 14.1. The van der Waals surface area contributed by atoms with Gasteiger partial charge in [-0.15, -0.1) is 0 Å². The average Bonchev–Trinajstić information content (AvgIpc) is 3.42. The molecule has 0 saturated carbocycles. The molecule has 4 aromatic rings. The van der Waals surface area contributed by atoms with E-state index in [0.717, 1.165) is 35.4 Å². The largest absolute Gasteiger partial charge is 0.352 e. The molecule has 3 nitrogen and oxygen atoms in total. The molecule has 40 heavy (non-hydrogen) atoms. The van der Waals surface area contributed by atoms with Crippen molar-refractivity contribution in [1.82, 2.24) is 9.80 Å². The lowest BCUT2D eigenvalue weighted by Crippen LogP contribution is -2.53. The summed E-state index contributed by atoms with van der Waals surface area (Å²) in [5, 5.41) is 0. The minimum atomic E-state index is -0.402. The van der Waals surface area contributed by atoms with Gasteiger partial charge < -0.3 is 9.80 Å². The summed E-state index contributed by atoms with van der Waals surface area (Å²) in [7, 11) is 0. The number of pyridine rings is 1. The number of halogens is 2. The number of aromatic nitrogens is 1. The molecule has 0 amide bonds. The van der Waals surface area contributed by atoms with Crippen LogP contribution in [0.25, 0.3) is 28.1 Å². The minimum Gasteiger partial charge on any atom is -0.352 e. The van der Waals surface area contributed by atoms with Crippen LogP contribution < -0.4 is 4.57 Å². The first kappa shape index (κ1) is 23.6. The van der Waals surface area contributed by atoms with Crippen LogP contribution in [0.5, 0.6) is 0 Å². The summed E-state index contributed by atoms with van der Waals surface area (Å²) >= 11 is 0. The fourth-order valence-electron chi connectivity index (χ4n) is 7.65. The lowest BCUT2D eigenvalue weighted by atomic mass is 9.75. The fourth-order valence-corrected chi connectivity index (χ4v) is 7.65. The molecule has 0 N–H and O–H groups in total. The number of hydrogen-bond acceptors (Lipinski definition) is 2. The highest BCUT2D eigenvalue weighted by molar-refractivity contribution is 5.71. The second-order valence-corrected chi connectivity index (χ2v) is 11.5. The van der Waals surface area contributed by atoms with Crippen LogP contribution in [-0.2, 0) is 12.8 Å². The molecule has 8 rings (SSSR count). The molecule has 3 atom stereocenters. The Morgan fingerprint density at radius 1 is 0.925 bits per heavy atom. The molecular formula is C35H30F2N3+. The molecule has 3 unspecified atom stereocenters. The number of hydrogen-bond donors (Lipinski definition) is 0. The van der Waals surface area contributed by atoms with Gasteiger partial charge >= 0.3 is 0 Å². The highest BCUT2D eigenvalue weighted by Gasteiger charge is 2.50. The third-order valence-electron chi connectivity index (χ3n) is 9.45. The lowest BCUT2D eigenvalue weighted by Gasteiger charge is -2.48. The van der Waals surface area contributed by atoms with Gasteiger partial charge in [0.05, 0.1) is 5.56 Å². The smallest absolute Gasteiger partial charge is 0.221 e. The van der Waals surface area contributed by atoms with Crippen LogP contribution in [0.4, 0.5) is 8.78 Å². The molecule has 0 saturated heterocycles. The van der Waals surface area contributed by atoms with E-state index in [1.807, 2.05) is 35.8 Å². The Morgan fingerprint density at radius 2 is 1.75 bits per heavy atom. The summed E-state index contributed by atoms with van der Waals surface area (Å²) < 4.78 is 33.4. The quantitative estimate of drug-likeness (QED) is 0.243. The van der Waals surface area contributed by atoms with Crippen molar-refractivity contribution in [2.45, 2.75) is 44.3 Å². The molecule has 0 aliphatic carbocycles. The van der Waals surface area contributed by atoms with Gasteiger partial charge in [-0.2, -0.15) is 4.57 Å². The van der Waals surface area contributed by atoms with Gasteiger partial charge in [0.1, 0.15) is 23.8 Å². The van der Waals surface area contributed by atoms with Crippen LogP contribution >= 0.6 is 0 Å². The van der Waals surface area contributed by atoms with Crippen LogP contribution in [0.15, 0.2) is 91.9 Å². The number of aryl methyl sites for hydroxylation is 1. The van der Waals surface area contributed by atoms with E-state index in [2.05, 4.69) is 58.7 Å². The summed E-state index contributed by atoms with van der Waals surface area (Å²) in [6.45, 7) is 7.74. The first-order chi connectivity index (χ1) is 19.5. The van der Waals surface area contributed by atoms with Gasteiger partial charge in [-0.3, -0.25) is 0 Å². The summed E-state index contributed by atoms with van der Waals surface area (Å²) in [4.78, 5) is 4.87. The molecule has 0 bridgehead atoms. The van der Waals surface area contributed by atoms with E-state index in [-0.39, 0.29) is 23.9 Å². The summed E-state index contributed by atoms with van der Waals surface area (Å²) in [5.74, 6) is -0.676. The predicted molar refractivity (Wildman–Crippen MR) is 153 cm³/mol. The molecule has 1 aromatic heterocycles. The maximum absolute atomic E-state index is 15.8. The molecule has 0 spiro atoms. The van der Waals surface area contributed by atoms with E-state index in [9.17, 15) is 0 Å². The highest BCUT2D eigenvalue weighted by Crippen LogP contribution is 2.52. The van der Waals surface area contributed by atoms with E-state index in [0.29, 0.717) is 29.7 Å². The Bertz CT molecular complexity index is 1740. The van der Waals surface area contributed by atoms with Crippen molar-refractivity contribution in [2.75, 3.05) is 6.54 Å². The maximum atomic E-state index is 15.8. The number of nitrogens with zero attached hydrogens (tertiary/aromatic N) is 3. The third kappa shape index (κ3) is 3.24. The van der Waals surface area contributed by atoms with Crippen molar-refractivity contribution in [2.24, 2.45) is 0 Å². The van der Waals surface area contributed by atoms with Gasteiger partial charge in [-0.05, 0) is 67.2 Å². The monoisotopic (exact) mass is 530 g/mol. The standard InChI is InChI=1S/C35H30F2N3/c1-21-19-31-33-27(29(36)13-14-30(33)37)12-11-26-25-10-6-9-24-15-16-38-17-18-39(35(38)32(24)25)34(26)22(2)40(31)20-28(21)23-7-4-3-5-8-23/h3-10,13-14,17-20,26,34-35H,2,11-12,15-16H2,1H3/q+1. The summed E-state index contributed by atoms with van der Waals surface area (Å²) in [6.07, 6.45) is 8.78.